The second kappa shape index (κ2) is 3.60. The fourth-order valence-corrected chi connectivity index (χ4v) is 0.966. The molecule has 0 aromatic heterocycles. The smallest absolute Gasteiger partial charge is 0.152 e. The second-order valence-corrected chi connectivity index (χ2v) is 2.68. The van der Waals surface area contributed by atoms with E-state index in [1.54, 1.807) is 6.07 Å². The van der Waals surface area contributed by atoms with Crippen LogP contribution in [-0.4, -0.2) is 0 Å². The topological polar surface area (TPSA) is 23.8 Å². The molecule has 1 heteroatoms. The van der Waals surface area contributed by atoms with Crippen LogP contribution in [0.3, 0.4) is 0 Å². The van der Waals surface area contributed by atoms with Crippen LogP contribution in [0.25, 0.3) is 0 Å². The lowest BCUT2D eigenvalue weighted by Gasteiger charge is -1.97. The molecular weight excluding hydrogens is 146 g/mol. The summed E-state index contributed by atoms with van der Waals surface area (Å²) in [6.07, 6.45) is 0. The normalized spacial score (nSPS) is 8.08. The van der Waals surface area contributed by atoms with Crippen LogP contribution in [0.5, 0.6) is 0 Å². The summed E-state index contributed by atoms with van der Waals surface area (Å²) in [5.41, 5.74) is 3.22. The number of hydrogen-bond acceptors (Lipinski definition) is 1. The predicted octanol–water partition coefficient (Wildman–Crippen LogP) is 2.18. The molecule has 0 unspecified atom stereocenters. The highest BCUT2D eigenvalue weighted by Gasteiger charge is 1.93. The summed E-state index contributed by atoms with van der Waals surface area (Å²) in [5, 5.41) is 8.26. The number of rotatable bonds is 0. The molecule has 0 saturated carbocycles. The SMILES string of the molecule is Cc1ccc(C)c(C#CC#N)c1. The lowest BCUT2D eigenvalue weighted by molar-refractivity contribution is 1.37. The molecule has 0 radical (unpaired) electrons. The zero-order valence-corrected chi connectivity index (χ0v) is 7.18. The Balaban J connectivity index is 3.16. The summed E-state index contributed by atoms with van der Waals surface area (Å²) in [6.45, 7) is 4.00. The van der Waals surface area contributed by atoms with Crippen LogP contribution in [0.4, 0.5) is 0 Å². The van der Waals surface area contributed by atoms with Gasteiger partial charge in [-0.05, 0) is 31.0 Å². The van der Waals surface area contributed by atoms with Crippen molar-refractivity contribution in [3.63, 3.8) is 0 Å². The molecule has 58 valence electrons. The maximum atomic E-state index is 8.26. The van der Waals surface area contributed by atoms with Crippen LogP contribution < -0.4 is 0 Å². The third-order valence-electron chi connectivity index (χ3n) is 1.65. The Kier molecular flexibility index (Phi) is 2.51. The van der Waals surface area contributed by atoms with Crippen molar-refractivity contribution < 1.29 is 0 Å². The van der Waals surface area contributed by atoms with Crippen molar-refractivity contribution in [2.45, 2.75) is 13.8 Å². The van der Waals surface area contributed by atoms with Crippen molar-refractivity contribution in [1.29, 1.82) is 5.26 Å². The van der Waals surface area contributed by atoms with Crippen LogP contribution >= 0.6 is 0 Å². The van der Waals surface area contributed by atoms with Gasteiger partial charge in [-0.3, -0.25) is 0 Å². The van der Waals surface area contributed by atoms with Gasteiger partial charge < -0.3 is 0 Å². The van der Waals surface area contributed by atoms with E-state index in [1.807, 2.05) is 32.0 Å². The Morgan fingerprint density at radius 2 is 2.00 bits per heavy atom. The van der Waals surface area contributed by atoms with Gasteiger partial charge in [0.25, 0.3) is 0 Å². The van der Waals surface area contributed by atoms with Crippen LogP contribution in [0.15, 0.2) is 18.2 Å². The molecule has 1 nitrogen and oxygen atoms in total. The molecule has 1 aromatic rings. The Hall–Kier alpha value is -1.73. The van der Waals surface area contributed by atoms with Gasteiger partial charge in [0, 0.05) is 11.5 Å². The summed E-state index contributed by atoms with van der Waals surface area (Å²) in [7, 11) is 0. The molecule has 1 rings (SSSR count). The molecule has 0 heterocycles. The Morgan fingerprint density at radius 3 is 2.67 bits per heavy atom. The van der Waals surface area contributed by atoms with Gasteiger partial charge in [-0.15, -0.1) is 0 Å². The molecule has 0 aliphatic heterocycles. The van der Waals surface area contributed by atoms with E-state index in [9.17, 15) is 0 Å². The van der Waals surface area contributed by atoms with Gasteiger partial charge in [-0.25, -0.2) is 0 Å². The first-order chi connectivity index (χ1) is 5.74. The molecule has 0 bridgehead atoms. The summed E-state index contributed by atoms with van der Waals surface area (Å²) in [4.78, 5) is 0. The fourth-order valence-electron chi connectivity index (χ4n) is 0.966. The molecule has 1 aromatic carbocycles. The van der Waals surface area contributed by atoms with Crippen LogP contribution in [0, 0.1) is 37.0 Å². The average molecular weight is 155 g/mol. The van der Waals surface area contributed by atoms with Crippen molar-refractivity contribution in [2.24, 2.45) is 0 Å². The van der Waals surface area contributed by atoms with Gasteiger partial charge in [0.1, 0.15) is 0 Å². The summed E-state index contributed by atoms with van der Waals surface area (Å²) in [6, 6.07) is 7.83. The molecule has 0 spiro atoms. The van der Waals surface area contributed by atoms with Crippen LogP contribution in [0.1, 0.15) is 16.7 Å². The zero-order chi connectivity index (χ0) is 8.97. The lowest BCUT2D eigenvalue weighted by Crippen LogP contribution is -1.82. The quantitative estimate of drug-likeness (QED) is 0.527. The van der Waals surface area contributed by atoms with E-state index in [1.165, 1.54) is 5.56 Å². The third-order valence-corrected chi connectivity index (χ3v) is 1.65. The first-order valence-corrected chi connectivity index (χ1v) is 3.71. The van der Waals surface area contributed by atoms with E-state index in [0.717, 1.165) is 11.1 Å². The van der Waals surface area contributed by atoms with E-state index >= 15 is 0 Å². The van der Waals surface area contributed by atoms with Gasteiger partial charge in [0.05, 0.1) is 0 Å². The predicted molar refractivity (Wildman–Crippen MR) is 48.4 cm³/mol. The fraction of sp³-hybridized carbons (Fsp3) is 0.182. The van der Waals surface area contributed by atoms with Gasteiger partial charge in [0.15, 0.2) is 6.07 Å². The van der Waals surface area contributed by atoms with Crippen molar-refractivity contribution in [2.75, 3.05) is 0 Å². The maximum absolute atomic E-state index is 8.26. The molecular formula is C11H9N. The number of nitriles is 1. The van der Waals surface area contributed by atoms with E-state index in [0.29, 0.717) is 0 Å². The minimum absolute atomic E-state index is 0.941. The van der Waals surface area contributed by atoms with Crippen molar-refractivity contribution >= 4 is 0 Å². The van der Waals surface area contributed by atoms with Crippen LogP contribution in [0.2, 0.25) is 0 Å². The highest BCUT2D eigenvalue weighted by molar-refractivity contribution is 5.44. The monoisotopic (exact) mass is 155 g/mol. The van der Waals surface area contributed by atoms with Crippen molar-refractivity contribution in [3.05, 3.63) is 34.9 Å². The lowest BCUT2D eigenvalue weighted by atomic mass is 10.1. The van der Waals surface area contributed by atoms with Gasteiger partial charge in [0.2, 0.25) is 0 Å². The maximum Gasteiger partial charge on any atom is 0.152 e. The highest BCUT2D eigenvalue weighted by Crippen LogP contribution is 2.08. The van der Waals surface area contributed by atoms with E-state index in [2.05, 4.69) is 11.8 Å². The molecule has 0 N–H and O–H groups in total. The highest BCUT2D eigenvalue weighted by atomic mass is 14.2. The van der Waals surface area contributed by atoms with Crippen molar-refractivity contribution in [3.8, 4) is 17.9 Å². The van der Waals surface area contributed by atoms with Crippen LogP contribution in [-0.2, 0) is 0 Å². The van der Waals surface area contributed by atoms with Gasteiger partial charge in [-0.2, -0.15) is 5.26 Å². The molecule has 12 heavy (non-hydrogen) atoms. The summed E-state index contributed by atoms with van der Waals surface area (Å²) >= 11 is 0. The Labute approximate surface area is 72.6 Å². The first-order valence-electron chi connectivity index (χ1n) is 3.71. The van der Waals surface area contributed by atoms with E-state index in [-0.39, 0.29) is 0 Å². The molecule has 0 fully saturated rings. The Morgan fingerprint density at radius 1 is 1.25 bits per heavy atom. The number of aryl methyl sites for hydroxylation is 2. The van der Waals surface area contributed by atoms with Gasteiger partial charge in [-0.1, -0.05) is 18.1 Å². The zero-order valence-electron chi connectivity index (χ0n) is 7.18. The third kappa shape index (κ3) is 1.87. The number of benzene rings is 1. The van der Waals surface area contributed by atoms with E-state index < -0.39 is 0 Å². The van der Waals surface area contributed by atoms with E-state index in [4.69, 9.17) is 5.26 Å². The molecule has 0 atom stereocenters. The number of hydrogen-bond donors (Lipinski definition) is 0. The average Bonchev–Trinajstić information content (AvgIpc) is 2.07. The summed E-state index contributed by atoms with van der Waals surface area (Å²) in [5.74, 6) is 5.18. The minimum atomic E-state index is 0.941. The summed E-state index contributed by atoms with van der Waals surface area (Å²) < 4.78 is 0. The Bertz CT molecular complexity index is 386. The molecule has 0 amide bonds. The minimum Gasteiger partial charge on any atom is -0.183 e. The molecule has 0 aliphatic carbocycles. The van der Waals surface area contributed by atoms with Crippen molar-refractivity contribution in [1.82, 2.24) is 0 Å². The molecule has 0 aliphatic rings. The second-order valence-electron chi connectivity index (χ2n) is 2.68. The number of nitrogens with zero attached hydrogens (tertiary/aromatic N) is 1. The van der Waals surface area contributed by atoms with Gasteiger partial charge >= 0.3 is 0 Å². The largest absolute Gasteiger partial charge is 0.183 e. The molecule has 0 saturated heterocycles. The first kappa shape index (κ1) is 8.37. The standard InChI is InChI=1S/C11H9N/c1-9-5-6-10(2)11(8-9)4-3-7-12/h5-6,8H,1-2H3.